The van der Waals surface area contributed by atoms with Gasteiger partial charge in [0.1, 0.15) is 23.9 Å². The van der Waals surface area contributed by atoms with Gasteiger partial charge in [-0.2, -0.15) is 0 Å². The Bertz CT molecular complexity index is 1430. The zero-order valence-electron chi connectivity index (χ0n) is 20.8. The number of hydrogen-bond acceptors (Lipinski definition) is 7. The summed E-state index contributed by atoms with van der Waals surface area (Å²) in [6.45, 7) is 1.09. The predicted molar refractivity (Wildman–Crippen MR) is 145 cm³/mol. The van der Waals surface area contributed by atoms with E-state index in [9.17, 15) is 13.2 Å². The van der Waals surface area contributed by atoms with E-state index in [0.29, 0.717) is 24.8 Å². The van der Waals surface area contributed by atoms with Gasteiger partial charge in [0.25, 0.3) is 0 Å². The molecule has 2 N–H and O–H groups in total. The van der Waals surface area contributed by atoms with Crippen molar-refractivity contribution in [3.63, 3.8) is 0 Å². The van der Waals surface area contributed by atoms with E-state index in [2.05, 4.69) is 22.8 Å². The molecule has 1 saturated heterocycles. The number of carbonyl (C=O) groups excluding carboxylic acids is 1. The van der Waals surface area contributed by atoms with Gasteiger partial charge in [-0.15, -0.1) is 0 Å². The first-order valence-corrected chi connectivity index (χ1v) is 14.1. The fourth-order valence-corrected chi connectivity index (χ4v) is 5.87. The van der Waals surface area contributed by atoms with Crippen LogP contribution in [0.3, 0.4) is 0 Å². The van der Waals surface area contributed by atoms with Crippen molar-refractivity contribution in [2.75, 3.05) is 31.8 Å². The normalized spacial score (nSPS) is 18.1. The number of benzene rings is 2. The minimum Gasteiger partial charge on any atom is -0.497 e. The van der Waals surface area contributed by atoms with Crippen molar-refractivity contribution >= 4 is 33.9 Å². The van der Waals surface area contributed by atoms with Crippen LogP contribution in [0, 0.1) is 0 Å². The lowest BCUT2D eigenvalue weighted by molar-refractivity contribution is -0.109. The smallest absolute Gasteiger partial charge is 0.211 e. The molecule has 2 aliphatic rings. The fourth-order valence-electron chi connectivity index (χ4n) is 4.99. The van der Waals surface area contributed by atoms with Crippen LogP contribution in [0.15, 0.2) is 60.8 Å². The quantitative estimate of drug-likeness (QED) is 0.446. The highest BCUT2D eigenvalue weighted by molar-refractivity contribution is 7.88. The molecule has 3 aromatic rings. The lowest BCUT2D eigenvalue weighted by atomic mass is 9.90. The van der Waals surface area contributed by atoms with Crippen molar-refractivity contribution in [3.8, 4) is 17.0 Å². The van der Waals surface area contributed by atoms with E-state index < -0.39 is 16.1 Å². The van der Waals surface area contributed by atoms with Crippen LogP contribution in [0.25, 0.3) is 17.3 Å². The Kier molecular flexibility index (Phi) is 6.99. The lowest BCUT2D eigenvalue weighted by Gasteiger charge is -2.30. The van der Waals surface area contributed by atoms with E-state index in [1.807, 2.05) is 48.5 Å². The van der Waals surface area contributed by atoms with Gasteiger partial charge < -0.3 is 20.2 Å². The summed E-state index contributed by atoms with van der Waals surface area (Å²) in [5.74, 6) is 1.68. The Morgan fingerprint density at radius 1 is 1.11 bits per heavy atom. The van der Waals surface area contributed by atoms with Gasteiger partial charge in [-0.05, 0) is 72.5 Å². The molecule has 3 heterocycles. The lowest BCUT2D eigenvalue weighted by Crippen LogP contribution is -2.37. The number of hydrogen-bond donors (Lipinski definition) is 2. The molecule has 0 bridgehead atoms. The maximum absolute atomic E-state index is 11.9. The first kappa shape index (κ1) is 25.0. The molecule has 1 fully saturated rings. The van der Waals surface area contributed by atoms with Crippen molar-refractivity contribution in [3.05, 3.63) is 77.5 Å². The summed E-state index contributed by atoms with van der Waals surface area (Å²) in [5.41, 5.74) is 5.44. The van der Waals surface area contributed by atoms with E-state index >= 15 is 0 Å². The molecular weight excluding hydrogens is 488 g/mol. The molecular formula is C28H30N4O4S. The average molecular weight is 519 g/mol. The van der Waals surface area contributed by atoms with E-state index in [-0.39, 0.29) is 0 Å². The van der Waals surface area contributed by atoms with Gasteiger partial charge in [0.15, 0.2) is 0 Å². The number of aromatic nitrogens is 1. The van der Waals surface area contributed by atoms with Crippen molar-refractivity contribution in [1.29, 1.82) is 0 Å². The summed E-state index contributed by atoms with van der Waals surface area (Å²) in [6.07, 6.45) is 7.48. The largest absolute Gasteiger partial charge is 0.497 e. The number of rotatable bonds is 7. The van der Waals surface area contributed by atoms with Crippen LogP contribution in [0.1, 0.15) is 41.5 Å². The SMILES string of the molecule is COc1cccc(-c2cc3c(c(Nc4ccc(C5CCN(S(C)(=O)=O)CC5)cc4)n2)C(C=O)NC=C3)c1. The van der Waals surface area contributed by atoms with Crippen LogP contribution in [0.2, 0.25) is 0 Å². The van der Waals surface area contributed by atoms with Gasteiger partial charge in [0, 0.05) is 29.9 Å². The van der Waals surface area contributed by atoms with Gasteiger partial charge in [0.05, 0.1) is 19.1 Å². The van der Waals surface area contributed by atoms with Crippen molar-refractivity contribution in [2.45, 2.75) is 24.8 Å². The molecule has 0 saturated carbocycles. The number of fused-ring (bicyclic) bond motifs is 1. The topological polar surface area (TPSA) is 101 Å². The van der Waals surface area contributed by atoms with Crippen LogP contribution in [0.4, 0.5) is 11.5 Å². The third-order valence-corrected chi connectivity index (χ3v) is 8.31. The highest BCUT2D eigenvalue weighted by atomic mass is 32.2. The van der Waals surface area contributed by atoms with Crippen LogP contribution in [-0.2, 0) is 14.8 Å². The Morgan fingerprint density at radius 3 is 2.54 bits per heavy atom. The monoisotopic (exact) mass is 518 g/mol. The summed E-state index contributed by atoms with van der Waals surface area (Å²) in [7, 11) is -1.51. The van der Waals surface area contributed by atoms with Crippen molar-refractivity contribution in [2.24, 2.45) is 0 Å². The third-order valence-electron chi connectivity index (χ3n) is 7.01. The third kappa shape index (κ3) is 5.38. The number of nitrogens with zero attached hydrogens (tertiary/aromatic N) is 2. The predicted octanol–water partition coefficient (Wildman–Crippen LogP) is 4.45. The van der Waals surface area contributed by atoms with Crippen LogP contribution < -0.4 is 15.4 Å². The molecule has 0 radical (unpaired) electrons. The number of carbonyl (C=O) groups is 1. The second kappa shape index (κ2) is 10.4. The number of pyridine rings is 1. The maximum atomic E-state index is 11.9. The van der Waals surface area contributed by atoms with E-state index in [1.165, 1.54) is 11.8 Å². The molecule has 37 heavy (non-hydrogen) atoms. The molecule has 0 spiro atoms. The minimum absolute atomic E-state index is 0.322. The van der Waals surface area contributed by atoms with Gasteiger partial charge in [-0.3, -0.25) is 0 Å². The first-order chi connectivity index (χ1) is 17.9. The fraction of sp³-hybridized carbons (Fsp3) is 0.286. The number of ether oxygens (including phenoxy) is 1. The Balaban J connectivity index is 1.42. The summed E-state index contributed by atoms with van der Waals surface area (Å²) in [5, 5.41) is 6.53. The molecule has 5 rings (SSSR count). The van der Waals surface area contributed by atoms with Crippen LogP contribution in [0.5, 0.6) is 5.75 Å². The average Bonchev–Trinajstić information content (AvgIpc) is 2.92. The van der Waals surface area contributed by atoms with Crippen molar-refractivity contribution < 1.29 is 17.9 Å². The summed E-state index contributed by atoms with van der Waals surface area (Å²) in [4.78, 5) is 16.8. The van der Waals surface area contributed by atoms with Gasteiger partial charge in [-0.1, -0.05) is 24.3 Å². The Labute approximate surface area is 217 Å². The Morgan fingerprint density at radius 2 is 1.86 bits per heavy atom. The van der Waals surface area contributed by atoms with Gasteiger partial charge in [0.2, 0.25) is 10.0 Å². The maximum Gasteiger partial charge on any atom is 0.211 e. The molecule has 0 amide bonds. The van der Waals surface area contributed by atoms with Crippen molar-refractivity contribution in [1.82, 2.24) is 14.6 Å². The molecule has 2 aliphatic heterocycles. The number of methoxy groups -OCH3 is 1. The highest BCUT2D eigenvalue weighted by Crippen LogP contribution is 2.35. The second-order valence-corrected chi connectivity index (χ2v) is 11.4. The minimum atomic E-state index is -3.14. The molecule has 1 atom stereocenters. The zero-order chi connectivity index (χ0) is 26.0. The number of anilines is 2. The number of sulfonamides is 1. The summed E-state index contributed by atoms with van der Waals surface area (Å²) >= 11 is 0. The summed E-state index contributed by atoms with van der Waals surface area (Å²) < 4.78 is 30.6. The van der Waals surface area contributed by atoms with Gasteiger partial charge >= 0.3 is 0 Å². The van der Waals surface area contributed by atoms with Crippen LogP contribution in [-0.4, -0.2) is 50.4 Å². The molecule has 9 heteroatoms. The molecule has 192 valence electrons. The molecule has 1 aromatic heterocycles. The van der Waals surface area contributed by atoms with E-state index in [0.717, 1.165) is 52.9 Å². The second-order valence-electron chi connectivity index (χ2n) is 9.39. The number of aldehydes is 1. The molecule has 8 nitrogen and oxygen atoms in total. The molecule has 0 aliphatic carbocycles. The van der Waals surface area contributed by atoms with Crippen LogP contribution >= 0.6 is 0 Å². The summed E-state index contributed by atoms with van der Waals surface area (Å²) in [6, 6.07) is 17.4. The standard InChI is InChI=1S/C28H30N4O4S/c1-36-24-5-3-4-21(16-24)25-17-22-10-13-29-26(18-33)27(22)28(31-25)30-23-8-6-19(7-9-23)20-11-14-32(15-12-20)37(2,34)35/h3-10,13,16-18,20,26,29H,11-12,14-15H2,1-2H3,(H,30,31). The molecule has 2 aromatic carbocycles. The highest BCUT2D eigenvalue weighted by Gasteiger charge is 2.26. The molecule has 1 unspecified atom stereocenters. The first-order valence-electron chi connectivity index (χ1n) is 12.2. The zero-order valence-corrected chi connectivity index (χ0v) is 21.7. The van der Waals surface area contributed by atoms with E-state index in [1.54, 1.807) is 17.6 Å². The number of piperidine rings is 1. The van der Waals surface area contributed by atoms with Gasteiger partial charge in [-0.25, -0.2) is 17.7 Å². The Hall–Kier alpha value is -3.69. The van der Waals surface area contributed by atoms with E-state index in [4.69, 9.17) is 9.72 Å². The number of nitrogens with one attached hydrogen (secondary N) is 2.